The second-order valence-corrected chi connectivity index (χ2v) is 5.44. The number of carboxylic acids is 1. The van der Waals surface area contributed by atoms with Gasteiger partial charge in [-0.05, 0) is 18.2 Å². The van der Waals surface area contributed by atoms with E-state index in [1.807, 2.05) is 0 Å². The van der Waals surface area contributed by atoms with Gasteiger partial charge in [0.2, 0.25) is 0 Å². The number of hydrogen-bond acceptors (Lipinski definition) is 3. The minimum Gasteiger partial charge on any atom is -0.481 e. The molecule has 0 aliphatic carbocycles. The van der Waals surface area contributed by atoms with Gasteiger partial charge in [-0.25, -0.2) is 9.37 Å². The molecule has 1 aromatic heterocycles. The smallest absolute Gasteiger partial charge is 0.303 e. The van der Waals surface area contributed by atoms with Gasteiger partial charge in [0.25, 0.3) is 0 Å². The fraction of sp³-hybridized carbons (Fsp3) is 0.167. The monoisotopic (exact) mass is 329 g/mol. The molecule has 0 fully saturated rings. The molecular formula is C12H9BrFNO2S. The third kappa shape index (κ3) is 3.14. The van der Waals surface area contributed by atoms with Crippen molar-refractivity contribution >= 4 is 33.2 Å². The van der Waals surface area contributed by atoms with Crippen LogP contribution in [0.2, 0.25) is 0 Å². The Hall–Kier alpha value is -1.27. The SMILES string of the molecule is O=C(O)CCc1csc(-c2cc(Br)ccc2F)n1. The summed E-state index contributed by atoms with van der Waals surface area (Å²) in [6, 6.07) is 4.66. The van der Waals surface area contributed by atoms with Crippen LogP contribution >= 0.6 is 27.3 Å². The molecule has 18 heavy (non-hydrogen) atoms. The van der Waals surface area contributed by atoms with Crippen LogP contribution in [0, 0.1) is 5.82 Å². The third-order valence-corrected chi connectivity index (χ3v) is 3.72. The topological polar surface area (TPSA) is 50.2 Å². The molecule has 94 valence electrons. The van der Waals surface area contributed by atoms with E-state index in [1.165, 1.54) is 17.4 Å². The molecule has 1 aromatic carbocycles. The molecule has 0 radical (unpaired) electrons. The summed E-state index contributed by atoms with van der Waals surface area (Å²) >= 11 is 4.59. The van der Waals surface area contributed by atoms with Crippen LogP contribution < -0.4 is 0 Å². The van der Waals surface area contributed by atoms with Gasteiger partial charge in [0.1, 0.15) is 10.8 Å². The van der Waals surface area contributed by atoms with Gasteiger partial charge >= 0.3 is 5.97 Å². The summed E-state index contributed by atoms with van der Waals surface area (Å²) in [5.74, 6) is -1.20. The predicted molar refractivity (Wildman–Crippen MR) is 71.2 cm³/mol. The van der Waals surface area contributed by atoms with E-state index in [-0.39, 0.29) is 12.2 Å². The van der Waals surface area contributed by atoms with Crippen molar-refractivity contribution in [1.82, 2.24) is 4.98 Å². The van der Waals surface area contributed by atoms with E-state index in [0.29, 0.717) is 22.7 Å². The van der Waals surface area contributed by atoms with Gasteiger partial charge in [-0.1, -0.05) is 15.9 Å². The van der Waals surface area contributed by atoms with Crippen molar-refractivity contribution in [2.45, 2.75) is 12.8 Å². The summed E-state index contributed by atoms with van der Waals surface area (Å²) in [6.45, 7) is 0. The summed E-state index contributed by atoms with van der Waals surface area (Å²) in [6.07, 6.45) is 0.394. The molecule has 6 heteroatoms. The fourth-order valence-corrected chi connectivity index (χ4v) is 2.67. The van der Waals surface area contributed by atoms with Crippen LogP contribution in [0.15, 0.2) is 28.1 Å². The maximum Gasteiger partial charge on any atom is 0.303 e. The molecule has 0 saturated carbocycles. The molecule has 0 bridgehead atoms. The zero-order valence-electron chi connectivity index (χ0n) is 9.19. The zero-order chi connectivity index (χ0) is 13.1. The number of aliphatic carboxylic acids is 1. The first-order valence-corrected chi connectivity index (χ1v) is 6.85. The number of benzene rings is 1. The average molecular weight is 330 g/mol. The summed E-state index contributed by atoms with van der Waals surface area (Å²) in [7, 11) is 0. The first-order valence-electron chi connectivity index (χ1n) is 5.18. The molecule has 0 atom stereocenters. The number of carboxylic acid groups (broad SMARTS) is 1. The highest BCUT2D eigenvalue weighted by molar-refractivity contribution is 9.10. The Morgan fingerprint density at radius 1 is 1.50 bits per heavy atom. The molecule has 2 aromatic rings. The quantitative estimate of drug-likeness (QED) is 0.929. The summed E-state index contributed by atoms with van der Waals surface area (Å²) < 4.78 is 14.4. The normalized spacial score (nSPS) is 10.6. The standard InChI is InChI=1S/C12H9BrFNO2S/c13-7-1-3-10(14)9(5-7)12-15-8(6-18-12)2-4-11(16)17/h1,3,5-6H,2,4H2,(H,16,17). The number of rotatable bonds is 4. The Morgan fingerprint density at radius 2 is 2.28 bits per heavy atom. The number of aromatic nitrogens is 1. The van der Waals surface area contributed by atoms with Crippen molar-refractivity contribution in [3.05, 3.63) is 39.6 Å². The van der Waals surface area contributed by atoms with Gasteiger partial charge in [0.15, 0.2) is 0 Å². The predicted octanol–water partition coefficient (Wildman–Crippen LogP) is 3.73. The molecule has 2 rings (SSSR count). The summed E-state index contributed by atoms with van der Waals surface area (Å²) in [4.78, 5) is 14.7. The van der Waals surface area contributed by atoms with Gasteiger partial charge in [-0.2, -0.15) is 0 Å². The minimum absolute atomic E-state index is 0.0319. The van der Waals surface area contributed by atoms with E-state index >= 15 is 0 Å². The summed E-state index contributed by atoms with van der Waals surface area (Å²) in [5.41, 5.74) is 1.10. The van der Waals surface area contributed by atoms with E-state index in [9.17, 15) is 9.18 Å². The zero-order valence-corrected chi connectivity index (χ0v) is 11.6. The van der Waals surface area contributed by atoms with E-state index in [2.05, 4.69) is 20.9 Å². The summed E-state index contributed by atoms with van der Waals surface area (Å²) in [5, 5.41) is 10.9. The van der Waals surface area contributed by atoms with E-state index < -0.39 is 5.97 Å². The number of carbonyl (C=O) groups is 1. The van der Waals surface area contributed by atoms with Crippen LogP contribution in [-0.4, -0.2) is 16.1 Å². The lowest BCUT2D eigenvalue weighted by Gasteiger charge is -1.99. The first kappa shape index (κ1) is 13.2. The molecule has 3 nitrogen and oxygen atoms in total. The maximum absolute atomic E-state index is 13.6. The first-order chi connectivity index (χ1) is 8.56. The molecule has 0 unspecified atom stereocenters. The molecule has 0 spiro atoms. The Kier molecular flexibility index (Phi) is 4.08. The molecule has 0 saturated heterocycles. The van der Waals surface area contributed by atoms with Gasteiger partial charge < -0.3 is 5.11 Å². The van der Waals surface area contributed by atoms with Gasteiger partial charge in [0.05, 0.1) is 12.1 Å². The van der Waals surface area contributed by atoms with Crippen LogP contribution in [0.3, 0.4) is 0 Å². The average Bonchev–Trinajstić information content (AvgIpc) is 2.78. The lowest BCUT2D eigenvalue weighted by atomic mass is 10.2. The van der Waals surface area contributed by atoms with Crippen LogP contribution in [0.5, 0.6) is 0 Å². The van der Waals surface area contributed by atoms with E-state index in [1.54, 1.807) is 17.5 Å². The lowest BCUT2D eigenvalue weighted by molar-refractivity contribution is -0.136. The Labute approximate surface area is 115 Å². The molecule has 0 aliphatic rings. The Balaban J connectivity index is 2.23. The number of hydrogen-bond donors (Lipinski definition) is 1. The van der Waals surface area contributed by atoms with Crippen molar-refractivity contribution in [2.75, 3.05) is 0 Å². The van der Waals surface area contributed by atoms with Gasteiger partial charge in [-0.15, -0.1) is 11.3 Å². The number of thiazole rings is 1. The Morgan fingerprint density at radius 3 is 3.00 bits per heavy atom. The minimum atomic E-state index is -0.863. The van der Waals surface area contributed by atoms with E-state index in [4.69, 9.17) is 5.11 Å². The highest BCUT2D eigenvalue weighted by Crippen LogP contribution is 2.29. The number of nitrogens with zero attached hydrogens (tertiary/aromatic N) is 1. The highest BCUT2D eigenvalue weighted by Gasteiger charge is 2.11. The van der Waals surface area contributed by atoms with Gasteiger partial charge in [0, 0.05) is 21.8 Å². The molecule has 0 amide bonds. The van der Waals surface area contributed by atoms with Crippen LogP contribution in [0.25, 0.3) is 10.6 Å². The largest absolute Gasteiger partial charge is 0.481 e. The maximum atomic E-state index is 13.6. The third-order valence-electron chi connectivity index (χ3n) is 2.31. The highest BCUT2D eigenvalue weighted by atomic mass is 79.9. The lowest BCUT2D eigenvalue weighted by Crippen LogP contribution is -1.97. The molecular weight excluding hydrogens is 321 g/mol. The molecule has 1 N–H and O–H groups in total. The van der Waals surface area contributed by atoms with Crippen molar-refractivity contribution < 1.29 is 14.3 Å². The van der Waals surface area contributed by atoms with Gasteiger partial charge in [-0.3, -0.25) is 4.79 Å². The number of aryl methyl sites for hydroxylation is 1. The van der Waals surface area contributed by atoms with Crippen LogP contribution in [0.4, 0.5) is 4.39 Å². The van der Waals surface area contributed by atoms with Crippen molar-refractivity contribution in [2.24, 2.45) is 0 Å². The van der Waals surface area contributed by atoms with Crippen LogP contribution in [0.1, 0.15) is 12.1 Å². The van der Waals surface area contributed by atoms with Crippen molar-refractivity contribution in [3.63, 3.8) is 0 Å². The second-order valence-electron chi connectivity index (χ2n) is 3.66. The second kappa shape index (κ2) is 5.58. The van der Waals surface area contributed by atoms with Crippen molar-refractivity contribution in [3.8, 4) is 10.6 Å². The molecule has 1 heterocycles. The van der Waals surface area contributed by atoms with E-state index in [0.717, 1.165) is 4.47 Å². The van der Waals surface area contributed by atoms with Crippen molar-refractivity contribution in [1.29, 1.82) is 0 Å². The fourth-order valence-electron chi connectivity index (χ4n) is 1.44. The Bertz CT molecular complexity index is 585. The molecule has 0 aliphatic heterocycles. The number of halogens is 2. The van der Waals surface area contributed by atoms with Crippen LogP contribution in [-0.2, 0) is 11.2 Å².